The molecule has 1 aromatic heterocycles. The van der Waals surface area contributed by atoms with Crippen molar-refractivity contribution in [3.8, 4) is 0 Å². The molecule has 0 amide bonds. The molecular weight excluding hydrogens is 409 g/mol. The van der Waals surface area contributed by atoms with Gasteiger partial charge < -0.3 is 4.72 Å². The van der Waals surface area contributed by atoms with E-state index in [9.17, 15) is 4.39 Å². The van der Waals surface area contributed by atoms with Crippen molar-refractivity contribution in [3.05, 3.63) is 70.4 Å². The number of nitrogens with zero attached hydrogens (tertiary/aromatic N) is 4. The van der Waals surface area contributed by atoms with E-state index in [-0.39, 0.29) is 5.82 Å². The Kier molecular flexibility index (Phi) is 6.61. The summed E-state index contributed by atoms with van der Waals surface area (Å²) in [6, 6.07) is 6.58. The molecule has 0 saturated heterocycles. The third kappa shape index (κ3) is 4.99. The maximum Gasteiger partial charge on any atom is 0.156 e. The predicted octanol–water partition coefficient (Wildman–Crippen LogP) is 5.77. The van der Waals surface area contributed by atoms with E-state index in [1.54, 1.807) is 19.4 Å². The zero-order valence-corrected chi connectivity index (χ0v) is 17.8. The number of aromatic nitrogens is 1. The normalized spacial score (nSPS) is 16.6. The lowest BCUT2D eigenvalue weighted by Gasteiger charge is -2.16. The number of anilines is 1. The molecule has 0 radical (unpaired) electrons. The highest BCUT2D eigenvalue weighted by atomic mass is 35.5. The van der Waals surface area contributed by atoms with Gasteiger partial charge in [-0.25, -0.2) is 9.38 Å². The lowest BCUT2D eigenvalue weighted by atomic mass is 9.96. The molecule has 5 nitrogen and oxygen atoms in total. The number of dihydropyridines is 1. The van der Waals surface area contributed by atoms with Crippen molar-refractivity contribution < 1.29 is 4.39 Å². The van der Waals surface area contributed by atoms with Crippen LogP contribution in [0, 0.1) is 12.7 Å². The van der Waals surface area contributed by atoms with Gasteiger partial charge in [-0.15, -0.1) is 0 Å². The van der Waals surface area contributed by atoms with Crippen LogP contribution in [0.2, 0.25) is 5.02 Å². The van der Waals surface area contributed by atoms with Crippen LogP contribution in [0.4, 0.5) is 10.1 Å². The van der Waals surface area contributed by atoms with Gasteiger partial charge in [-0.1, -0.05) is 11.6 Å². The van der Waals surface area contributed by atoms with Gasteiger partial charge in [0.15, 0.2) is 5.84 Å². The maximum atomic E-state index is 14.4. The molecule has 0 aliphatic carbocycles. The van der Waals surface area contributed by atoms with Crippen LogP contribution in [0.5, 0.6) is 0 Å². The molecule has 1 N–H and O–H groups in total. The minimum absolute atomic E-state index is 0.359. The molecule has 2 aromatic rings. The number of pyridine rings is 1. The second kappa shape index (κ2) is 9.15. The van der Waals surface area contributed by atoms with Crippen LogP contribution in [0.3, 0.4) is 0 Å². The highest BCUT2D eigenvalue weighted by Gasteiger charge is 2.17. The summed E-state index contributed by atoms with van der Waals surface area (Å²) in [5.41, 5.74) is 4.39. The summed E-state index contributed by atoms with van der Waals surface area (Å²) < 4.78 is 17.5. The minimum Gasteiger partial charge on any atom is -0.325 e. The second-order valence-corrected chi connectivity index (χ2v) is 7.52. The largest absolute Gasteiger partial charge is 0.325 e. The van der Waals surface area contributed by atoms with E-state index in [0.717, 1.165) is 27.4 Å². The molecule has 1 aliphatic rings. The van der Waals surface area contributed by atoms with Crippen LogP contribution in [0.1, 0.15) is 18.2 Å². The van der Waals surface area contributed by atoms with Crippen LogP contribution in [-0.4, -0.2) is 30.3 Å². The predicted molar refractivity (Wildman–Crippen MR) is 122 cm³/mol. The van der Waals surface area contributed by atoms with Crippen molar-refractivity contribution in [2.45, 2.75) is 18.7 Å². The molecule has 8 heteroatoms. The maximum absolute atomic E-state index is 14.4. The van der Waals surface area contributed by atoms with Crippen molar-refractivity contribution in [2.75, 3.05) is 11.8 Å². The van der Waals surface area contributed by atoms with Crippen molar-refractivity contribution >= 4 is 53.1 Å². The molecule has 148 valence electrons. The molecule has 1 aromatic carbocycles. The fourth-order valence-corrected chi connectivity index (χ4v) is 3.74. The van der Waals surface area contributed by atoms with E-state index in [1.165, 1.54) is 24.1 Å². The highest BCUT2D eigenvalue weighted by Crippen LogP contribution is 2.30. The molecular formula is C21H19ClFN5S. The molecule has 0 spiro atoms. The first kappa shape index (κ1) is 21.0. The Bertz CT molecular complexity index is 1090. The molecule has 29 heavy (non-hydrogen) atoms. The average Bonchev–Trinajstić information content (AvgIpc) is 2.69. The van der Waals surface area contributed by atoms with Crippen molar-refractivity contribution in [3.63, 3.8) is 0 Å². The third-order valence-electron chi connectivity index (χ3n) is 4.16. The Labute approximate surface area is 178 Å². The fourth-order valence-electron chi connectivity index (χ4n) is 2.78. The van der Waals surface area contributed by atoms with E-state index in [0.29, 0.717) is 22.1 Å². The Morgan fingerprint density at radius 2 is 2.03 bits per heavy atom. The van der Waals surface area contributed by atoms with Crippen molar-refractivity contribution in [1.82, 2.24) is 4.98 Å². The summed E-state index contributed by atoms with van der Waals surface area (Å²) >= 11 is 7.34. The Morgan fingerprint density at radius 3 is 2.76 bits per heavy atom. The number of amidine groups is 1. The molecule has 0 bridgehead atoms. The van der Waals surface area contributed by atoms with Crippen LogP contribution in [0.25, 0.3) is 5.57 Å². The quantitative estimate of drug-likeness (QED) is 0.486. The topological polar surface area (TPSA) is 62.0 Å². The molecule has 1 aliphatic heterocycles. The van der Waals surface area contributed by atoms with Gasteiger partial charge in [-0.05, 0) is 68.4 Å². The van der Waals surface area contributed by atoms with Crippen LogP contribution in [-0.2, 0) is 0 Å². The molecule has 0 atom stereocenters. The minimum atomic E-state index is -0.359. The smallest absolute Gasteiger partial charge is 0.156 e. The molecule has 3 rings (SSSR count). The third-order valence-corrected chi connectivity index (χ3v) is 5.34. The number of aryl methyl sites for hydroxylation is 1. The number of rotatable bonds is 5. The van der Waals surface area contributed by atoms with Gasteiger partial charge in [0.2, 0.25) is 0 Å². The lowest BCUT2D eigenvalue weighted by molar-refractivity contribution is 0.628. The summed E-state index contributed by atoms with van der Waals surface area (Å²) in [7, 11) is 1.66. The van der Waals surface area contributed by atoms with Crippen LogP contribution >= 0.6 is 23.5 Å². The number of hydrogen-bond donors (Lipinski definition) is 1. The Morgan fingerprint density at radius 1 is 1.24 bits per heavy atom. The van der Waals surface area contributed by atoms with Crippen molar-refractivity contribution in [1.29, 1.82) is 0 Å². The standard InChI is InChI=1S/C21H19ClFN5S/c1-12-19(7-15(10-24-3)21(25-4)27-12)14-5-17(23)9-18(6-14)28-29-20-8-16(22)11-26-13(20)2/h5-11,28H,3H2,1-2,4H3/b15-10-,25-21?. The summed E-state index contributed by atoms with van der Waals surface area (Å²) in [6.07, 6.45) is 5.06. The number of hydrogen-bond acceptors (Lipinski definition) is 5. The van der Waals surface area contributed by atoms with Gasteiger partial charge in [0.1, 0.15) is 5.82 Å². The lowest BCUT2D eigenvalue weighted by Crippen LogP contribution is -2.11. The molecule has 0 fully saturated rings. The van der Waals surface area contributed by atoms with Gasteiger partial charge >= 0.3 is 0 Å². The van der Waals surface area contributed by atoms with Gasteiger partial charge in [0.25, 0.3) is 0 Å². The number of nitrogens with one attached hydrogen (secondary N) is 1. The monoisotopic (exact) mass is 427 g/mol. The Balaban J connectivity index is 1.93. The van der Waals surface area contributed by atoms with E-state index in [1.807, 2.05) is 32.1 Å². The average molecular weight is 428 g/mol. The van der Waals surface area contributed by atoms with Gasteiger partial charge in [-0.2, -0.15) is 0 Å². The van der Waals surface area contributed by atoms with E-state index in [4.69, 9.17) is 11.6 Å². The molecule has 2 heterocycles. The van der Waals surface area contributed by atoms with Crippen molar-refractivity contribution in [2.24, 2.45) is 15.0 Å². The first-order valence-electron chi connectivity index (χ1n) is 8.67. The summed E-state index contributed by atoms with van der Waals surface area (Å²) in [4.78, 5) is 17.6. The fraction of sp³-hybridized carbons (Fsp3) is 0.143. The number of halogens is 2. The first-order valence-corrected chi connectivity index (χ1v) is 9.87. The Hall–Kier alpha value is -2.77. The molecule has 0 unspecified atom stereocenters. The van der Waals surface area contributed by atoms with E-state index >= 15 is 0 Å². The second-order valence-electron chi connectivity index (χ2n) is 6.24. The van der Waals surface area contributed by atoms with Gasteiger partial charge in [0, 0.05) is 42.0 Å². The van der Waals surface area contributed by atoms with Gasteiger partial charge in [-0.3, -0.25) is 15.0 Å². The van der Waals surface area contributed by atoms with Crippen LogP contribution in [0.15, 0.2) is 68.2 Å². The SMILES string of the molecule is C=N/C=C1/C=C(c2cc(F)cc(NSc3cc(Cl)cnc3C)c2)C(C)=NC1=NC. The van der Waals surface area contributed by atoms with E-state index < -0.39 is 0 Å². The van der Waals surface area contributed by atoms with Crippen LogP contribution < -0.4 is 4.72 Å². The highest BCUT2D eigenvalue weighted by molar-refractivity contribution is 8.00. The zero-order valence-electron chi connectivity index (χ0n) is 16.2. The number of aliphatic imine (C=N–C) groups is 3. The summed E-state index contributed by atoms with van der Waals surface area (Å²) in [6.45, 7) is 7.24. The number of allylic oxidation sites excluding steroid dienone is 1. The first-order chi connectivity index (χ1) is 13.9. The number of benzene rings is 1. The summed E-state index contributed by atoms with van der Waals surface area (Å²) in [5.74, 6) is 0.204. The molecule has 0 saturated carbocycles. The van der Waals surface area contributed by atoms with Gasteiger partial charge in [0.05, 0.1) is 15.6 Å². The summed E-state index contributed by atoms with van der Waals surface area (Å²) in [5, 5.41) is 0.544. The zero-order chi connectivity index (χ0) is 21.0. The van der Waals surface area contributed by atoms with E-state index in [2.05, 4.69) is 31.4 Å².